The summed E-state index contributed by atoms with van der Waals surface area (Å²) in [5, 5.41) is 8.74. The van der Waals surface area contributed by atoms with Crippen molar-refractivity contribution in [3.63, 3.8) is 0 Å². The van der Waals surface area contributed by atoms with Crippen LogP contribution in [0.15, 0.2) is 30.3 Å². The number of hydrogen-bond donors (Lipinski definition) is 1. The van der Waals surface area contributed by atoms with Crippen molar-refractivity contribution in [3.05, 3.63) is 35.9 Å². The zero-order chi connectivity index (χ0) is 15.2. The molecule has 21 heavy (non-hydrogen) atoms. The SMILES string of the molecule is O=C(O)C[C@@H]1CC(C(=O)OCc2ccccc2)COC1=O. The predicted molar refractivity (Wildman–Crippen MR) is 71.0 cm³/mol. The van der Waals surface area contributed by atoms with Crippen molar-refractivity contribution in [1.82, 2.24) is 0 Å². The maximum Gasteiger partial charge on any atom is 0.312 e. The van der Waals surface area contributed by atoms with Crippen LogP contribution in [0.3, 0.4) is 0 Å². The largest absolute Gasteiger partial charge is 0.481 e. The van der Waals surface area contributed by atoms with Crippen LogP contribution in [0.5, 0.6) is 0 Å². The Bertz CT molecular complexity index is 524. The first-order valence-electron chi connectivity index (χ1n) is 6.65. The van der Waals surface area contributed by atoms with Crippen molar-refractivity contribution in [2.24, 2.45) is 11.8 Å². The summed E-state index contributed by atoms with van der Waals surface area (Å²) in [6.07, 6.45) is -0.181. The average Bonchev–Trinajstić information content (AvgIpc) is 2.47. The Morgan fingerprint density at radius 1 is 1.29 bits per heavy atom. The highest BCUT2D eigenvalue weighted by atomic mass is 16.6. The van der Waals surface area contributed by atoms with Crippen LogP contribution >= 0.6 is 0 Å². The maximum absolute atomic E-state index is 11.9. The van der Waals surface area contributed by atoms with Gasteiger partial charge in [0.2, 0.25) is 0 Å². The molecule has 0 aliphatic carbocycles. The molecule has 0 bridgehead atoms. The molecule has 1 saturated heterocycles. The third kappa shape index (κ3) is 4.30. The Kier molecular flexibility index (Phi) is 4.92. The molecule has 2 atom stereocenters. The highest BCUT2D eigenvalue weighted by Gasteiger charge is 2.36. The average molecular weight is 292 g/mol. The van der Waals surface area contributed by atoms with Gasteiger partial charge < -0.3 is 14.6 Å². The zero-order valence-corrected chi connectivity index (χ0v) is 11.4. The monoisotopic (exact) mass is 292 g/mol. The van der Waals surface area contributed by atoms with Crippen LogP contribution < -0.4 is 0 Å². The molecule has 1 aliphatic heterocycles. The highest BCUT2D eigenvalue weighted by molar-refractivity contribution is 5.82. The van der Waals surface area contributed by atoms with Crippen molar-refractivity contribution >= 4 is 17.9 Å². The van der Waals surface area contributed by atoms with E-state index in [9.17, 15) is 14.4 Å². The molecular formula is C15H16O6. The molecule has 0 spiro atoms. The number of carbonyl (C=O) groups is 3. The van der Waals surface area contributed by atoms with Gasteiger partial charge in [0.1, 0.15) is 13.2 Å². The molecule has 0 saturated carbocycles. The van der Waals surface area contributed by atoms with E-state index in [1.807, 2.05) is 30.3 Å². The molecule has 112 valence electrons. The normalized spacial score (nSPS) is 21.4. The number of hydrogen-bond acceptors (Lipinski definition) is 5. The molecule has 0 aromatic heterocycles. The Morgan fingerprint density at radius 3 is 2.67 bits per heavy atom. The van der Waals surface area contributed by atoms with Gasteiger partial charge in [-0.3, -0.25) is 14.4 Å². The van der Waals surface area contributed by atoms with Crippen molar-refractivity contribution < 1.29 is 29.0 Å². The van der Waals surface area contributed by atoms with E-state index in [4.69, 9.17) is 14.6 Å². The molecule has 0 radical (unpaired) electrons. The Hall–Kier alpha value is -2.37. The summed E-state index contributed by atoms with van der Waals surface area (Å²) in [6, 6.07) is 9.22. The second-order valence-electron chi connectivity index (χ2n) is 4.95. The van der Waals surface area contributed by atoms with Crippen LogP contribution in [0.2, 0.25) is 0 Å². The Labute approximate surface area is 121 Å². The van der Waals surface area contributed by atoms with Crippen LogP contribution in [0.1, 0.15) is 18.4 Å². The summed E-state index contributed by atoms with van der Waals surface area (Å²) < 4.78 is 10.1. The van der Waals surface area contributed by atoms with Crippen LogP contribution in [-0.4, -0.2) is 29.6 Å². The standard InChI is InChI=1S/C15H16O6/c16-13(17)7-11-6-12(9-21-14(11)18)15(19)20-8-10-4-2-1-3-5-10/h1-5,11-12H,6-9H2,(H,16,17)/t11-,12?/m0/s1. The van der Waals surface area contributed by atoms with E-state index in [-0.39, 0.29) is 26.1 Å². The number of carbonyl (C=O) groups excluding carboxylic acids is 2. The lowest BCUT2D eigenvalue weighted by molar-refractivity contribution is -0.168. The third-order valence-electron chi connectivity index (χ3n) is 3.31. The zero-order valence-electron chi connectivity index (χ0n) is 11.4. The Balaban J connectivity index is 1.87. The van der Waals surface area contributed by atoms with Crippen LogP contribution in [0, 0.1) is 11.8 Å². The maximum atomic E-state index is 11.9. The molecule has 6 nitrogen and oxygen atoms in total. The quantitative estimate of drug-likeness (QED) is 0.825. The molecule has 1 N–H and O–H groups in total. The fourth-order valence-electron chi connectivity index (χ4n) is 2.20. The van der Waals surface area contributed by atoms with Crippen LogP contribution in [0.4, 0.5) is 0 Å². The van der Waals surface area contributed by atoms with Crippen LogP contribution in [0.25, 0.3) is 0 Å². The molecule has 1 aromatic carbocycles. The van der Waals surface area contributed by atoms with Gasteiger partial charge in [-0.1, -0.05) is 30.3 Å². The van der Waals surface area contributed by atoms with E-state index in [1.54, 1.807) is 0 Å². The molecule has 1 heterocycles. The number of ether oxygens (including phenoxy) is 2. The van der Waals surface area contributed by atoms with E-state index >= 15 is 0 Å². The van der Waals surface area contributed by atoms with Gasteiger partial charge in [-0.15, -0.1) is 0 Å². The molecule has 1 aromatic rings. The van der Waals surface area contributed by atoms with E-state index in [0.29, 0.717) is 0 Å². The number of carboxylic acids is 1. The molecular weight excluding hydrogens is 276 g/mol. The molecule has 1 aliphatic rings. The van der Waals surface area contributed by atoms with E-state index < -0.39 is 29.7 Å². The lowest BCUT2D eigenvalue weighted by Crippen LogP contribution is -2.36. The van der Waals surface area contributed by atoms with Gasteiger partial charge in [0.25, 0.3) is 0 Å². The van der Waals surface area contributed by atoms with E-state index in [2.05, 4.69) is 0 Å². The van der Waals surface area contributed by atoms with Crippen molar-refractivity contribution in [2.45, 2.75) is 19.4 Å². The molecule has 2 rings (SSSR count). The number of rotatable bonds is 5. The first-order valence-corrected chi connectivity index (χ1v) is 6.65. The minimum absolute atomic E-state index is 0.0530. The van der Waals surface area contributed by atoms with E-state index in [0.717, 1.165) is 5.56 Å². The first-order chi connectivity index (χ1) is 10.1. The third-order valence-corrected chi connectivity index (χ3v) is 3.31. The predicted octanol–water partition coefficient (Wildman–Crippen LogP) is 1.38. The lowest BCUT2D eigenvalue weighted by Gasteiger charge is -2.26. The van der Waals surface area contributed by atoms with Crippen LogP contribution in [-0.2, 0) is 30.5 Å². The Morgan fingerprint density at radius 2 is 2.00 bits per heavy atom. The lowest BCUT2D eigenvalue weighted by atomic mass is 9.90. The summed E-state index contributed by atoms with van der Waals surface area (Å²) in [7, 11) is 0. The number of aliphatic carboxylic acids is 1. The molecule has 0 amide bonds. The number of benzene rings is 1. The summed E-state index contributed by atoms with van der Waals surface area (Å²) in [5.74, 6) is -3.51. The minimum atomic E-state index is -1.09. The number of cyclic esters (lactones) is 1. The summed E-state index contributed by atoms with van der Waals surface area (Å²) in [4.78, 5) is 34.1. The van der Waals surface area contributed by atoms with Gasteiger partial charge in [-0.05, 0) is 12.0 Å². The fourth-order valence-corrected chi connectivity index (χ4v) is 2.20. The highest BCUT2D eigenvalue weighted by Crippen LogP contribution is 2.25. The first kappa shape index (κ1) is 15.0. The molecule has 1 unspecified atom stereocenters. The van der Waals surface area contributed by atoms with Crippen molar-refractivity contribution in [3.8, 4) is 0 Å². The molecule has 1 fully saturated rings. The minimum Gasteiger partial charge on any atom is -0.481 e. The summed E-state index contributed by atoms with van der Waals surface area (Å²) in [5.41, 5.74) is 0.862. The molecule has 6 heteroatoms. The number of esters is 2. The van der Waals surface area contributed by atoms with Crippen molar-refractivity contribution in [2.75, 3.05) is 6.61 Å². The van der Waals surface area contributed by atoms with E-state index in [1.165, 1.54) is 0 Å². The topological polar surface area (TPSA) is 89.9 Å². The van der Waals surface area contributed by atoms with Gasteiger partial charge in [-0.25, -0.2) is 0 Å². The summed E-state index contributed by atoms with van der Waals surface area (Å²) in [6.45, 7) is 0.0935. The number of carboxylic acid groups (broad SMARTS) is 1. The van der Waals surface area contributed by atoms with Gasteiger partial charge in [0.05, 0.1) is 18.3 Å². The van der Waals surface area contributed by atoms with Gasteiger partial charge in [0, 0.05) is 0 Å². The summed E-state index contributed by atoms with van der Waals surface area (Å²) >= 11 is 0. The second-order valence-corrected chi connectivity index (χ2v) is 4.95. The van der Waals surface area contributed by atoms with Crippen molar-refractivity contribution in [1.29, 1.82) is 0 Å². The second kappa shape index (κ2) is 6.88. The van der Waals surface area contributed by atoms with Gasteiger partial charge in [-0.2, -0.15) is 0 Å². The van der Waals surface area contributed by atoms with Gasteiger partial charge >= 0.3 is 17.9 Å². The smallest absolute Gasteiger partial charge is 0.312 e. The fraction of sp³-hybridized carbons (Fsp3) is 0.400. The van der Waals surface area contributed by atoms with Gasteiger partial charge in [0.15, 0.2) is 0 Å².